The van der Waals surface area contributed by atoms with Crippen LogP contribution in [0.4, 0.5) is 26.4 Å². The number of morpholine rings is 1. The van der Waals surface area contributed by atoms with Gasteiger partial charge in [-0.3, -0.25) is 0 Å². The van der Waals surface area contributed by atoms with Gasteiger partial charge in [0.15, 0.2) is 11.6 Å². The smallest absolute Gasteiger partial charge is 0.387 e. The lowest BCUT2D eigenvalue weighted by Gasteiger charge is -2.28. The molecular weight excluding hydrogens is 394 g/mol. The second kappa shape index (κ2) is 8.95. The first-order valence-electron chi connectivity index (χ1n) is 10.3. The molecule has 2 aromatic rings. The van der Waals surface area contributed by atoms with Gasteiger partial charge in [-0.15, -0.1) is 0 Å². The quantitative estimate of drug-likeness (QED) is 0.597. The van der Waals surface area contributed by atoms with Gasteiger partial charge >= 0.3 is 6.61 Å². The van der Waals surface area contributed by atoms with Crippen molar-refractivity contribution in [3.8, 4) is 17.0 Å². The molecule has 10 heteroatoms. The van der Waals surface area contributed by atoms with Crippen molar-refractivity contribution >= 4 is 17.6 Å². The summed E-state index contributed by atoms with van der Waals surface area (Å²) < 4.78 is 35.6. The van der Waals surface area contributed by atoms with E-state index in [1.165, 1.54) is 12.3 Å². The number of fused-ring (bicyclic) bond motifs is 2. The fourth-order valence-electron chi connectivity index (χ4n) is 3.85. The van der Waals surface area contributed by atoms with E-state index >= 15 is 0 Å². The molecule has 0 amide bonds. The Balaban J connectivity index is 1.65. The number of ether oxygens (including phenoxy) is 2. The van der Waals surface area contributed by atoms with E-state index < -0.39 is 6.61 Å². The molecule has 2 aliphatic rings. The predicted molar refractivity (Wildman–Crippen MR) is 110 cm³/mol. The maximum absolute atomic E-state index is 12.7. The normalized spacial score (nSPS) is 20.2. The number of nitrogens with zero attached hydrogens (tertiary/aromatic N) is 4. The first-order chi connectivity index (χ1) is 14.5. The first-order valence-corrected chi connectivity index (χ1v) is 10.3. The van der Waals surface area contributed by atoms with Crippen molar-refractivity contribution in [2.75, 3.05) is 35.6 Å². The summed E-state index contributed by atoms with van der Waals surface area (Å²) in [5.41, 5.74) is 6.77. The van der Waals surface area contributed by atoms with Crippen LogP contribution in [0.15, 0.2) is 18.3 Å². The molecule has 0 aromatic carbocycles. The molecule has 0 radical (unpaired) electrons. The molecule has 2 atom stereocenters. The molecule has 3 N–H and O–H groups in total. The molecule has 2 saturated heterocycles. The summed E-state index contributed by atoms with van der Waals surface area (Å²) in [5, 5.41) is 3.28. The van der Waals surface area contributed by atoms with E-state index in [1.807, 2.05) is 6.07 Å². The van der Waals surface area contributed by atoms with Gasteiger partial charge in [-0.2, -0.15) is 13.8 Å². The molecule has 2 aromatic heterocycles. The van der Waals surface area contributed by atoms with Crippen LogP contribution >= 0.6 is 0 Å². The van der Waals surface area contributed by atoms with Gasteiger partial charge in [-0.1, -0.05) is 19.8 Å². The Morgan fingerprint density at radius 3 is 2.90 bits per heavy atom. The van der Waals surface area contributed by atoms with E-state index in [1.54, 1.807) is 0 Å². The van der Waals surface area contributed by atoms with Crippen LogP contribution in [0.25, 0.3) is 11.3 Å². The second-order valence-corrected chi connectivity index (χ2v) is 7.55. The highest BCUT2D eigenvalue weighted by molar-refractivity contribution is 5.68. The number of alkyl halides is 2. The van der Waals surface area contributed by atoms with Gasteiger partial charge in [0.1, 0.15) is 5.82 Å². The third kappa shape index (κ3) is 4.53. The fourth-order valence-corrected chi connectivity index (χ4v) is 3.85. The highest BCUT2D eigenvalue weighted by Gasteiger charge is 2.39. The third-order valence-corrected chi connectivity index (χ3v) is 5.36. The molecule has 2 aliphatic heterocycles. The Hall–Kier alpha value is -2.75. The van der Waals surface area contributed by atoms with Crippen LogP contribution in [0, 0.1) is 0 Å². The van der Waals surface area contributed by atoms with Gasteiger partial charge in [0.25, 0.3) is 0 Å². The standard InChI is InChI=1S/C20H26F2N6O2/c1-2-3-4-5-24-20-26-15(12-6-16(30-19(21)22)18(23)25-9-12)8-17(27-20)28-10-14-7-13(28)11-29-14/h6,8-9,13-14,19H,2-5,7,10-11H2,1H3,(H2,23,25)(H,24,26,27)/t13-,14-/m0/s1. The van der Waals surface area contributed by atoms with Crippen LogP contribution in [0.2, 0.25) is 0 Å². The minimum absolute atomic E-state index is 0.0970. The Kier molecular flexibility index (Phi) is 6.12. The van der Waals surface area contributed by atoms with Gasteiger partial charge in [0.05, 0.1) is 24.4 Å². The minimum atomic E-state index is -2.98. The highest BCUT2D eigenvalue weighted by atomic mass is 19.3. The molecule has 0 aliphatic carbocycles. The van der Waals surface area contributed by atoms with Crippen molar-refractivity contribution in [1.29, 1.82) is 0 Å². The zero-order valence-electron chi connectivity index (χ0n) is 16.9. The number of anilines is 3. The van der Waals surface area contributed by atoms with E-state index in [4.69, 9.17) is 15.5 Å². The molecular formula is C20H26F2N6O2. The minimum Gasteiger partial charge on any atom is -0.431 e. The monoisotopic (exact) mass is 420 g/mol. The van der Waals surface area contributed by atoms with Crippen LogP contribution in [0.5, 0.6) is 5.75 Å². The number of pyridine rings is 1. The van der Waals surface area contributed by atoms with Crippen LogP contribution in [-0.4, -0.2) is 53.4 Å². The maximum Gasteiger partial charge on any atom is 0.387 e. The molecule has 8 nitrogen and oxygen atoms in total. The maximum atomic E-state index is 12.7. The van der Waals surface area contributed by atoms with Crippen LogP contribution in [0.3, 0.4) is 0 Å². The predicted octanol–water partition coefficient (Wildman–Crippen LogP) is 3.30. The number of aromatic nitrogens is 3. The average Bonchev–Trinajstić information content (AvgIpc) is 3.36. The lowest BCUT2D eigenvalue weighted by atomic mass is 10.2. The molecule has 4 heterocycles. The van der Waals surface area contributed by atoms with Gasteiger partial charge in [0.2, 0.25) is 5.95 Å². The SMILES string of the molecule is CCCCCNc1nc(-c2cnc(N)c(OC(F)F)c2)cc(N2C[C@@H]3C[C@H]2CO3)n1. The second-order valence-electron chi connectivity index (χ2n) is 7.55. The summed E-state index contributed by atoms with van der Waals surface area (Å²) >= 11 is 0. The summed E-state index contributed by atoms with van der Waals surface area (Å²) in [6.07, 6.45) is 5.95. The number of unbranched alkanes of at least 4 members (excludes halogenated alkanes) is 2. The lowest BCUT2D eigenvalue weighted by Crippen LogP contribution is -2.37. The molecule has 162 valence electrons. The van der Waals surface area contributed by atoms with Gasteiger partial charge in [-0.25, -0.2) is 9.97 Å². The Morgan fingerprint density at radius 2 is 2.20 bits per heavy atom. The average molecular weight is 420 g/mol. The van der Waals surface area contributed by atoms with Crippen LogP contribution in [0.1, 0.15) is 32.6 Å². The largest absolute Gasteiger partial charge is 0.431 e. The van der Waals surface area contributed by atoms with Crippen LogP contribution < -0.4 is 20.7 Å². The third-order valence-electron chi connectivity index (χ3n) is 5.36. The number of halogens is 2. The lowest BCUT2D eigenvalue weighted by molar-refractivity contribution is -0.0494. The highest BCUT2D eigenvalue weighted by Crippen LogP contribution is 2.34. The van der Waals surface area contributed by atoms with Gasteiger partial charge in [-0.05, 0) is 18.9 Å². The van der Waals surface area contributed by atoms with Crippen molar-refractivity contribution in [3.63, 3.8) is 0 Å². The van der Waals surface area contributed by atoms with E-state index in [-0.39, 0.29) is 23.7 Å². The van der Waals surface area contributed by atoms with E-state index in [0.717, 1.165) is 44.6 Å². The fraction of sp³-hybridized carbons (Fsp3) is 0.550. The molecule has 4 rings (SSSR count). The zero-order chi connectivity index (χ0) is 21.1. The molecule has 0 saturated carbocycles. The molecule has 30 heavy (non-hydrogen) atoms. The zero-order valence-corrected chi connectivity index (χ0v) is 16.9. The van der Waals surface area contributed by atoms with Crippen molar-refractivity contribution in [3.05, 3.63) is 18.3 Å². The summed E-state index contributed by atoms with van der Waals surface area (Å²) in [6, 6.07) is 3.56. The summed E-state index contributed by atoms with van der Waals surface area (Å²) in [6.45, 7) is 1.37. The Bertz CT molecular complexity index is 884. The van der Waals surface area contributed by atoms with Crippen molar-refractivity contribution in [2.45, 2.75) is 51.4 Å². The Labute approximate surface area is 173 Å². The number of hydrogen-bond acceptors (Lipinski definition) is 8. The first kappa shape index (κ1) is 20.5. The van der Waals surface area contributed by atoms with Crippen molar-refractivity contribution in [1.82, 2.24) is 15.0 Å². The molecule has 0 spiro atoms. The summed E-state index contributed by atoms with van der Waals surface area (Å²) in [5.74, 6) is 1.01. The van der Waals surface area contributed by atoms with Gasteiger partial charge in [0, 0.05) is 30.9 Å². The summed E-state index contributed by atoms with van der Waals surface area (Å²) in [7, 11) is 0. The van der Waals surface area contributed by atoms with Crippen molar-refractivity contribution < 1.29 is 18.3 Å². The molecule has 2 fully saturated rings. The van der Waals surface area contributed by atoms with E-state index in [2.05, 4.69) is 31.8 Å². The number of nitrogen functional groups attached to an aromatic ring is 1. The van der Waals surface area contributed by atoms with Crippen molar-refractivity contribution in [2.24, 2.45) is 0 Å². The summed E-state index contributed by atoms with van der Waals surface area (Å²) in [4.78, 5) is 15.5. The molecule has 0 unspecified atom stereocenters. The molecule has 2 bridgehead atoms. The van der Waals surface area contributed by atoms with Gasteiger partial charge < -0.3 is 25.4 Å². The van der Waals surface area contributed by atoms with E-state index in [9.17, 15) is 8.78 Å². The number of nitrogens with two attached hydrogens (primary N) is 1. The van der Waals surface area contributed by atoms with E-state index in [0.29, 0.717) is 23.8 Å². The Morgan fingerprint density at radius 1 is 1.33 bits per heavy atom. The number of hydrogen-bond donors (Lipinski definition) is 2. The number of nitrogens with one attached hydrogen (secondary N) is 1. The topological polar surface area (TPSA) is 98.4 Å². The van der Waals surface area contributed by atoms with Crippen LogP contribution in [-0.2, 0) is 4.74 Å². The number of rotatable bonds is 9.